The molecule has 35 heavy (non-hydrogen) atoms. The number of amides is 2. The van der Waals surface area contributed by atoms with Gasteiger partial charge in [-0.15, -0.1) is 0 Å². The van der Waals surface area contributed by atoms with E-state index in [1.165, 1.54) is 46.8 Å². The van der Waals surface area contributed by atoms with Crippen molar-refractivity contribution in [3.8, 4) is 0 Å². The molecule has 0 saturated heterocycles. The van der Waals surface area contributed by atoms with Gasteiger partial charge in [-0.3, -0.25) is 9.59 Å². The zero-order valence-electron chi connectivity index (χ0n) is 20.9. The molecule has 188 valence electrons. The normalized spacial score (nSPS) is 12.8. The quantitative estimate of drug-likeness (QED) is 0.484. The summed E-state index contributed by atoms with van der Waals surface area (Å²) in [4.78, 5) is 29.1. The lowest BCUT2D eigenvalue weighted by Crippen LogP contribution is -2.37. The van der Waals surface area contributed by atoms with Gasteiger partial charge >= 0.3 is 0 Å². The lowest BCUT2D eigenvalue weighted by atomic mass is 10.2. The molecule has 0 radical (unpaired) electrons. The molecule has 1 heterocycles. The van der Waals surface area contributed by atoms with E-state index in [0.29, 0.717) is 29.1 Å². The van der Waals surface area contributed by atoms with E-state index in [1.54, 1.807) is 6.07 Å². The molecule has 0 bridgehead atoms. The summed E-state index contributed by atoms with van der Waals surface area (Å²) in [6, 6.07) is 11.4. The van der Waals surface area contributed by atoms with Crippen molar-refractivity contribution in [3.05, 3.63) is 52.8 Å². The predicted octanol–water partition coefficient (Wildman–Crippen LogP) is 4.24. The van der Waals surface area contributed by atoms with Gasteiger partial charge in [-0.2, -0.15) is 9.30 Å². The Kier molecular flexibility index (Phi) is 8.30. The number of thiazole rings is 1. The van der Waals surface area contributed by atoms with Gasteiger partial charge in [-0.05, 0) is 54.3 Å². The highest BCUT2D eigenvalue weighted by Gasteiger charge is 2.26. The summed E-state index contributed by atoms with van der Waals surface area (Å²) in [5.74, 6) is -0.231. The Labute approximate surface area is 210 Å². The van der Waals surface area contributed by atoms with Crippen molar-refractivity contribution in [3.63, 3.8) is 0 Å². The molecule has 8 nitrogen and oxygen atoms in total. The van der Waals surface area contributed by atoms with Crippen molar-refractivity contribution >= 4 is 49.1 Å². The van der Waals surface area contributed by atoms with Gasteiger partial charge in [0.2, 0.25) is 15.9 Å². The number of hydrogen-bond acceptors (Lipinski definition) is 5. The molecular weight excluding hydrogens is 484 g/mol. The Morgan fingerprint density at radius 2 is 1.63 bits per heavy atom. The van der Waals surface area contributed by atoms with Crippen LogP contribution in [0.3, 0.4) is 0 Å². The first kappa shape index (κ1) is 26.8. The minimum Gasteiger partial charge on any atom is -0.326 e. The van der Waals surface area contributed by atoms with E-state index < -0.39 is 15.9 Å². The molecule has 0 saturated carbocycles. The zero-order valence-corrected chi connectivity index (χ0v) is 22.5. The molecule has 2 aromatic carbocycles. The average Bonchev–Trinajstić information content (AvgIpc) is 3.06. The van der Waals surface area contributed by atoms with Crippen LogP contribution in [0.2, 0.25) is 0 Å². The Balaban J connectivity index is 1.89. The van der Waals surface area contributed by atoms with Crippen molar-refractivity contribution < 1.29 is 18.0 Å². The lowest BCUT2D eigenvalue weighted by Gasteiger charge is -2.25. The highest BCUT2D eigenvalue weighted by molar-refractivity contribution is 7.89. The second-order valence-corrected chi connectivity index (χ2v) is 12.3. The summed E-state index contributed by atoms with van der Waals surface area (Å²) >= 11 is 1.33. The molecule has 1 aromatic heterocycles. The van der Waals surface area contributed by atoms with Crippen LogP contribution in [0.15, 0.2) is 52.4 Å². The van der Waals surface area contributed by atoms with Gasteiger partial charge in [-0.25, -0.2) is 8.42 Å². The maximum Gasteiger partial charge on any atom is 0.279 e. The van der Waals surface area contributed by atoms with E-state index in [1.807, 2.05) is 51.4 Å². The molecular formula is C25H32N4O4S2. The number of aromatic nitrogens is 1. The minimum absolute atomic E-state index is 0.160. The van der Waals surface area contributed by atoms with Gasteiger partial charge in [0.25, 0.3) is 5.91 Å². The predicted molar refractivity (Wildman–Crippen MR) is 140 cm³/mol. The highest BCUT2D eigenvalue weighted by atomic mass is 32.2. The number of carbonyl (C=O) groups is 2. The number of aryl methyl sites for hydroxylation is 1. The fourth-order valence-corrected chi connectivity index (χ4v) is 6.50. The number of nitrogens with one attached hydrogen (secondary N) is 1. The van der Waals surface area contributed by atoms with Gasteiger partial charge in [0.05, 0.1) is 15.1 Å². The molecule has 1 N–H and O–H groups in total. The van der Waals surface area contributed by atoms with Crippen molar-refractivity contribution in [1.29, 1.82) is 0 Å². The Morgan fingerprint density at radius 3 is 2.17 bits per heavy atom. The molecule has 0 aliphatic carbocycles. The SMILES string of the molecule is CC(=O)Nc1ccc2c(c1)sc(=NC(=O)c1ccc(S(=O)(=O)N(CC(C)C)CC(C)C)cc1)n2C. The van der Waals surface area contributed by atoms with Crippen LogP contribution in [0.5, 0.6) is 0 Å². The van der Waals surface area contributed by atoms with Crippen LogP contribution in [-0.2, 0) is 21.9 Å². The molecule has 0 spiro atoms. The second kappa shape index (κ2) is 10.8. The number of carbonyl (C=O) groups excluding carboxylic acids is 2. The Hall–Kier alpha value is -2.82. The van der Waals surface area contributed by atoms with E-state index in [-0.39, 0.29) is 22.6 Å². The lowest BCUT2D eigenvalue weighted by molar-refractivity contribution is -0.114. The van der Waals surface area contributed by atoms with Crippen molar-refractivity contribution in [2.75, 3.05) is 18.4 Å². The van der Waals surface area contributed by atoms with Crippen LogP contribution in [0.4, 0.5) is 5.69 Å². The molecule has 0 aliphatic heterocycles. The van der Waals surface area contributed by atoms with E-state index >= 15 is 0 Å². The number of hydrogen-bond donors (Lipinski definition) is 1. The molecule has 0 unspecified atom stereocenters. The first-order valence-corrected chi connectivity index (χ1v) is 13.7. The highest BCUT2D eigenvalue weighted by Crippen LogP contribution is 2.22. The molecule has 3 aromatic rings. The third kappa shape index (κ3) is 6.45. The third-order valence-electron chi connectivity index (χ3n) is 5.20. The van der Waals surface area contributed by atoms with E-state index in [2.05, 4.69) is 10.3 Å². The molecule has 0 aliphatic rings. The van der Waals surface area contributed by atoms with Gasteiger partial charge < -0.3 is 9.88 Å². The summed E-state index contributed by atoms with van der Waals surface area (Å²) in [6.45, 7) is 10.3. The van der Waals surface area contributed by atoms with Crippen LogP contribution in [0.25, 0.3) is 10.2 Å². The minimum atomic E-state index is -3.67. The number of benzene rings is 2. The zero-order chi connectivity index (χ0) is 25.9. The summed E-state index contributed by atoms with van der Waals surface area (Å²) in [6.07, 6.45) is 0. The first-order chi connectivity index (χ1) is 16.4. The van der Waals surface area contributed by atoms with Gasteiger partial charge in [0.1, 0.15) is 0 Å². The van der Waals surface area contributed by atoms with Crippen LogP contribution in [0, 0.1) is 11.8 Å². The fourth-order valence-electron chi connectivity index (χ4n) is 3.68. The van der Waals surface area contributed by atoms with Gasteiger partial charge in [0, 0.05) is 38.3 Å². The van der Waals surface area contributed by atoms with E-state index in [0.717, 1.165) is 10.2 Å². The van der Waals surface area contributed by atoms with E-state index in [4.69, 9.17) is 0 Å². The van der Waals surface area contributed by atoms with Crippen molar-refractivity contribution in [2.45, 2.75) is 39.5 Å². The van der Waals surface area contributed by atoms with Crippen LogP contribution >= 0.6 is 11.3 Å². The standard InChI is InChI=1S/C25H32N4O4S2/c1-16(2)14-29(15-17(3)4)35(32,33)21-10-7-19(8-11-21)24(31)27-25-28(6)22-12-9-20(26-18(5)30)13-23(22)34-25/h7-13,16-17H,14-15H2,1-6H3,(H,26,30). The Morgan fingerprint density at radius 1 is 1.03 bits per heavy atom. The topological polar surface area (TPSA) is 101 Å². The smallest absolute Gasteiger partial charge is 0.279 e. The molecule has 10 heteroatoms. The summed E-state index contributed by atoms with van der Waals surface area (Å²) in [7, 11) is -1.85. The largest absolute Gasteiger partial charge is 0.326 e. The molecule has 2 amide bonds. The van der Waals surface area contributed by atoms with Gasteiger partial charge in [-0.1, -0.05) is 39.0 Å². The summed E-state index contributed by atoms with van der Waals surface area (Å²) in [5.41, 5.74) is 1.86. The molecule has 0 atom stereocenters. The number of fused-ring (bicyclic) bond motifs is 1. The van der Waals surface area contributed by atoms with E-state index in [9.17, 15) is 18.0 Å². The van der Waals surface area contributed by atoms with Crippen LogP contribution in [0.1, 0.15) is 45.0 Å². The summed E-state index contributed by atoms with van der Waals surface area (Å²) < 4.78 is 30.6. The number of nitrogens with zero attached hydrogens (tertiary/aromatic N) is 3. The van der Waals surface area contributed by atoms with Crippen molar-refractivity contribution in [2.24, 2.45) is 23.9 Å². The third-order valence-corrected chi connectivity index (χ3v) is 8.14. The fraction of sp³-hybridized carbons (Fsp3) is 0.400. The number of rotatable bonds is 8. The molecule has 0 fully saturated rings. The maximum atomic E-state index is 13.2. The van der Waals surface area contributed by atoms with Gasteiger partial charge in [0.15, 0.2) is 4.80 Å². The average molecular weight is 517 g/mol. The number of sulfonamides is 1. The summed E-state index contributed by atoms with van der Waals surface area (Å²) in [5, 5.41) is 2.75. The second-order valence-electron chi connectivity index (χ2n) is 9.36. The number of anilines is 1. The monoisotopic (exact) mass is 516 g/mol. The van der Waals surface area contributed by atoms with Crippen molar-refractivity contribution in [1.82, 2.24) is 8.87 Å². The van der Waals surface area contributed by atoms with Crippen LogP contribution in [-0.4, -0.2) is 42.2 Å². The Bertz CT molecular complexity index is 1390. The van der Waals surface area contributed by atoms with Crippen LogP contribution < -0.4 is 10.1 Å². The maximum absolute atomic E-state index is 13.2. The first-order valence-electron chi connectivity index (χ1n) is 11.4. The molecule has 3 rings (SSSR count).